The first-order valence-electron chi connectivity index (χ1n) is 4.36. The molecule has 3 aromatic rings. The Hall–Kier alpha value is -1.26. The second-order valence-corrected chi connectivity index (χ2v) is 4.86. The normalized spacial score (nSPS) is 11.3. The molecule has 15 heavy (non-hydrogen) atoms. The first-order chi connectivity index (χ1) is 7.24. The van der Waals surface area contributed by atoms with Gasteiger partial charge in [-0.05, 0) is 41.9 Å². The molecule has 0 aliphatic rings. The van der Waals surface area contributed by atoms with E-state index in [1.165, 1.54) is 23.5 Å². The highest BCUT2D eigenvalue weighted by Gasteiger charge is 2.05. The number of fused-ring (bicyclic) bond motifs is 3. The van der Waals surface area contributed by atoms with Crippen molar-refractivity contribution in [2.75, 3.05) is 0 Å². The first kappa shape index (κ1) is 9.00. The highest BCUT2D eigenvalue weighted by Crippen LogP contribution is 2.30. The molecule has 0 fully saturated rings. The van der Waals surface area contributed by atoms with Gasteiger partial charge in [0.25, 0.3) is 0 Å². The van der Waals surface area contributed by atoms with E-state index in [2.05, 4.69) is 0 Å². The van der Waals surface area contributed by atoms with Crippen LogP contribution in [0.25, 0.3) is 21.1 Å². The number of hydrogen-bond donors (Lipinski definition) is 0. The van der Waals surface area contributed by atoms with Crippen LogP contribution in [-0.4, -0.2) is 0 Å². The lowest BCUT2D eigenvalue weighted by molar-refractivity contribution is 0.611. The Labute approximate surface area is 93.8 Å². The molecule has 0 aliphatic heterocycles. The van der Waals surface area contributed by atoms with Crippen molar-refractivity contribution in [1.82, 2.24) is 0 Å². The molecule has 0 bridgehead atoms. The average molecular weight is 236 g/mol. The molecule has 0 saturated carbocycles. The van der Waals surface area contributed by atoms with E-state index in [0.717, 1.165) is 21.1 Å². The fraction of sp³-hybridized carbons (Fsp3) is 0. The molecular weight excluding hydrogens is 231 g/mol. The van der Waals surface area contributed by atoms with Crippen LogP contribution in [-0.2, 0) is 0 Å². The molecular formula is C11H5FOS2. The molecule has 0 unspecified atom stereocenters. The van der Waals surface area contributed by atoms with Crippen LogP contribution in [0.2, 0.25) is 0 Å². The van der Waals surface area contributed by atoms with Crippen LogP contribution in [0.5, 0.6) is 0 Å². The number of hydrogen-bond acceptors (Lipinski definition) is 3. The van der Waals surface area contributed by atoms with Crippen LogP contribution in [0.4, 0.5) is 4.39 Å². The molecule has 3 rings (SSSR count). The van der Waals surface area contributed by atoms with Gasteiger partial charge in [-0.1, -0.05) is 17.4 Å². The van der Waals surface area contributed by atoms with Crippen LogP contribution < -0.4 is 0 Å². The molecule has 0 atom stereocenters. The van der Waals surface area contributed by atoms with Crippen LogP contribution in [0.3, 0.4) is 0 Å². The van der Waals surface area contributed by atoms with Gasteiger partial charge >= 0.3 is 0 Å². The van der Waals surface area contributed by atoms with Crippen molar-refractivity contribution >= 4 is 44.6 Å². The Morgan fingerprint density at radius 2 is 2.07 bits per heavy atom. The second-order valence-electron chi connectivity index (χ2n) is 3.21. The Kier molecular flexibility index (Phi) is 1.87. The van der Waals surface area contributed by atoms with E-state index in [4.69, 9.17) is 16.6 Å². The Morgan fingerprint density at radius 1 is 1.20 bits per heavy atom. The van der Waals surface area contributed by atoms with Crippen LogP contribution in [0, 0.1) is 9.84 Å². The summed E-state index contributed by atoms with van der Waals surface area (Å²) in [5.74, 6) is -0.240. The van der Waals surface area contributed by atoms with E-state index in [0.29, 0.717) is 4.02 Å². The number of rotatable bonds is 0. The molecule has 74 valence electrons. The van der Waals surface area contributed by atoms with Crippen molar-refractivity contribution in [3.8, 4) is 0 Å². The van der Waals surface area contributed by atoms with E-state index >= 15 is 0 Å². The van der Waals surface area contributed by atoms with Crippen molar-refractivity contribution in [3.05, 3.63) is 40.2 Å². The monoisotopic (exact) mass is 236 g/mol. The average Bonchev–Trinajstić information content (AvgIpc) is 2.58. The molecule has 1 heterocycles. The molecule has 0 aliphatic carbocycles. The predicted molar refractivity (Wildman–Crippen MR) is 62.4 cm³/mol. The number of benzene rings is 2. The largest absolute Gasteiger partial charge is 0.435 e. The summed E-state index contributed by atoms with van der Waals surface area (Å²) in [4.78, 5) is 0. The Morgan fingerprint density at radius 3 is 2.93 bits per heavy atom. The fourth-order valence-corrected chi connectivity index (χ4v) is 2.67. The molecule has 0 N–H and O–H groups in total. The van der Waals surface area contributed by atoms with Crippen LogP contribution in [0.1, 0.15) is 0 Å². The maximum Gasteiger partial charge on any atom is 0.248 e. The lowest BCUT2D eigenvalue weighted by Crippen LogP contribution is -1.76. The third-order valence-electron chi connectivity index (χ3n) is 2.27. The molecule has 0 saturated heterocycles. The van der Waals surface area contributed by atoms with E-state index in [1.807, 2.05) is 12.1 Å². The summed E-state index contributed by atoms with van der Waals surface area (Å²) >= 11 is 6.41. The minimum Gasteiger partial charge on any atom is -0.435 e. The van der Waals surface area contributed by atoms with Crippen molar-refractivity contribution in [2.24, 2.45) is 0 Å². The summed E-state index contributed by atoms with van der Waals surface area (Å²) in [6.45, 7) is 0. The van der Waals surface area contributed by atoms with Crippen molar-refractivity contribution in [2.45, 2.75) is 0 Å². The zero-order valence-electron chi connectivity index (χ0n) is 7.49. The summed E-state index contributed by atoms with van der Waals surface area (Å²) in [7, 11) is 0. The predicted octanol–water partition coefficient (Wildman–Crippen LogP) is 4.52. The summed E-state index contributed by atoms with van der Waals surface area (Å²) in [6.07, 6.45) is 0. The van der Waals surface area contributed by atoms with E-state index < -0.39 is 0 Å². The quantitative estimate of drug-likeness (QED) is 0.532. The van der Waals surface area contributed by atoms with Gasteiger partial charge in [-0.15, -0.1) is 0 Å². The summed E-state index contributed by atoms with van der Waals surface area (Å²) < 4.78 is 19.9. The minimum atomic E-state index is -0.240. The highest BCUT2D eigenvalue weighted by atomic mass is 32.1. The first-order valence-corrected chi connectivity index (χ1v) is 5.58. The van der Waals surface area contributed by atoms with Gasteiger partial charge in [0.05, 0.1) is 4.70 Å². The maximum atomic E-state index is 13.0. The van der Waals surface area contributed by atoms with Gasteiger partial charge < -0.3 is 4.42 Å². The summed E-state index contributed by atoms with van der Waals surface area (Å²) in [5, 5.41) is 1.74. The third-order valence-corrected chi connectivity index (χ3v) is 3.40. The van der Waals surface area contributed by atoms with Crippen molar-refractivity contribution < 1.29 is 8.81 Å². The summed E-state index contributed by atoms with van der Waals surface area (Å²) in [5.41, 5.74) is 0.752. The topological polar surface area (TPSA) is 13.1 Å². The van der Waals surface area contributed by atoms with Gasteiger partial charge in [0, 0.05) is 5.39 Å². The molecule has 4 heteroatoms. The summed E-state index contributed by atoms with van der Waals surface area (Å²) in [6, 6.07) is 8.42. The zero-order valence-corrected chi connectivity index (χ0v) is 9.12. The fourth-order valence-electron chi connectivity index (χ4n) is 1.63. The van der Waals surface area contributed by atoms with Gasteiger partial charge in [-0.3, -0.25) is 0 Å². The van der Waals surface area contributed by atoms with Gasteiger partial charge in [0.2, 0.25) is 4.02 Å². The van der Waals surface area contributed by atoms with Gasteiger partial charge in [0.1, 0.15) is 5.82 Å². The zero-order chi connectivity index (χ0) is 10.4. The van der Waals surface area contributed by atoms with Crippen molar-refractivity contribution in [3.63, 3.8) is 0 Å². The maximum absolute atomic E-state index is 13.0. The van der Waals surface area contributed by atoms with Gasteiger partial charge in [-0.25, -0.2) is 4.39 Å². The van der Waals surface area contributed by atoms with Gasteiger partial charge in [0.15, 0.2) is 5.58 Å². The van der Waals surface area contributed by atoms with Crippen LogP contribution in [0.15, 0.2) is 34.7 Å². The molecule has 1 aromatic heterocycles. The Bertz CT molecular complexity index is 711. The standard InChI is InChI=1S/C11H5FOS2/c12-7-2-3-8-6(5-7)1-4-9-10(8)13-11(14)15-9/h1-5H. The molecule has 0 amide bonds. The second kappa shape index (κ2) is 3.12. The smallest absolute Gasteiger partial charge is 0.248 e. The number of halogens is 1. The van der Waals surface area contributed by atoms with E-state index in [1.54, 1.807) is 6.07 Å². The molecule has 0 spiro atoms. The SMILES string of the molecule is Fc1ccc2c(ccc3sc(=S)oc32)c1. The van der Waals surface area contributed by atoms with Crippen molar-refractivity contribution in [1.29, 1.82) is 0 Å². The van der Waals surface area contributed by atoms with Gasteiger partial charge in [-0.2, -0.15) is 0 Å². The third kappa shape index (κ3) is 1.37. The lowest BCUT2D eigenvalue weighted by atomic mass is 10.1. The molecule has 2 aromatic carbocycles. The van der Waals surface area contributed by atoms with E-state index in [-0.39, 0.29) is 5.82 Å². The molecule has 0 radical (unpaired) electrons. The lowest BCUT2D eigenvalue weighted by Gasteiger charge is -1.97. The highest BCUT2D eigenvalue weighted by molar-refractivity contribution is 7.73. The molecule has 1 nitrogen and oxygen atoms in total. The van der Waals surface area contributed by atoms with Crippen LogP contribution >= 0.6 is 23.6 Å². The Balaban J connectivity index is 2.59. The van der Waals surface area contributed by atoms with E-state index in [9.17, 15) is 4.39 Å². The minimum absolute atomic E-state index is 0.240.